The summed E-state index contributed by atoms with van der Waals surface area (Å²) in [5.74, 6) is 2.15. The molecule has 32 heavy (non-hydrogen) atoms. The standard InChI is InChI=1S/C31H51F/c1-20-10-12-29(7)24(27(20,4)5)11-13-31(9)25(29)23(32)18-21-22-19-26(2,3)14-15-28(22,6)16-17-30(21,31)8/h18,20,22-25H,10-17,19H2,1-9H3/t20?,22-,23?,24-,25?,28+,29-,30+,31+/m0/s1. The van der Waals surface area contributed by atoms with E-state index in [0.29, 0.717) is 28.1 Å². The van der Waals surface area contributed by atoms with Crippen LogP contribution in [-0.2, 0) is 0 Å². The summed E-state index contributed by atoms with van der Waals surface area (Å²) in [5, 5.41) is 0. The van der Waals surface area contributed by atoms with E-state index in [0.717, 1.165) is 5.92 Å². The van der Waals surface area contributed by atoms with Gasteiger partial charge in [0, 0.05) is 5.92 Å². The molecule has 9 atom stereocenters. The molecule has 1 heteroatoms. The predicted octanol–water partition coefficient (Wildman–Crippen LogP) is 9.39. The lowest BCUT2D eigenvalue weighted by atomic mass is 9.33. The third kappa shape index (κ3) is 2.78. The fraction of sp³-hybridized carbons (Fsp3) is 0.935. The van der Waals surface area contributed by atoms with Gasteiger partial charge in [0.25, 0.3) is 0 Å². The second-order valence-electron chi connectivity index (χ2n) is 15.7. The van der Waals surface area contributed by atoms with Crippen LogP contribution in [0.3, 0.4) is 0 Å². The quantitative estimate of drug-likeness (QED) is 0.328. The topological polar surface area (TPSA) is 0 Å². The Bertz CT molecular complexity index is 820. The number of fused-ring (bicyclic) bond motifs is 7. The summed E-state index contributed by atoms with van der Waals surface area (Å²) in [6, 6.07) is 0. The molecule has 5 aliphatic rings. The monoisotopic (exact) mass is 442 g/mol. The molecular formula is C31H51F. The van der Waals surface area contributed by atoms with Crippen molar-refractivity contribution >= 4 is 0 Å². The zero-order chi connectivity index (χ0) is 23.5. The van der Waals surface area contributed by atoms with Crippen molar-refractivity contribution in [2.45, 2.75) is 126 Å². The van der Waals surface area contributed by atoms with Crippen molar-refractivity contribution < 1.29 is 4.39 Å². The molecule has 0 aromatic rings. The number of hydrogen-bond donors (Lipinski definition) is 0. The summed E-state index contributed by atoms with van der Waals surface area (Å²) in [5.41, 5.74) is 3.01. The Hall–Kier alpha value is -0.330. The van der Waals surface area contributed by atoms with Crippen LogP contribution in [0.15, 0.2) is 11.6 Å². The first kappa shape index (κ1) is 23.4. The first-order valence-corrected chi connectivity index (χ1v) is 14.0. The summed E-state index contributed by atoms with van der Waals surface area (Å²) in [4.78, 5) is 0. The molecule has 0 amide bonds. The second kappa shape index (κ2) is 6.66. The molecule has 0 spiro atoms. The predicted molar refractivity (Wildman–Crippen MR) is 134 cm³/mol. The first-order valence-electron chi connectivity index (χ1n) is 14.0. The van der Waals surface area contributed by atoms with Crippen molar-refractivity contribution in [1.82, 2.24) is 0 Å². The molecule has 3 unspecified atom stereocenters. The summed E-state index contributed by atoms with van der Waals surface area (Å²) in [6.45, 7) is 22.5. The van der Waals surface area contributed by atoms with Gasteiger partial charge in [0.2, 0.25) is 0 Å². The zero-order valence-corrected chi connectivity index (χ0v) is 22.7. The van der Waals surface area contributed by atoms with Gasteiger partial charge in [-0.25, -0.2) is 4.39 Å². The van der Waals surface area contributed by atoms with Gasteiger partial charge in [0.1, 0.15) is 6.17 Å². The first-order chi connectivity index (χ1) is 14.6. The third-order valence-corrected chi connectivity index (χ3v) is 13.5. The minimum atomic E-state index is -0.771. The van der Waals surface area contributed by atoms with Crippen LogP contribution in [-0.4, -0.2) is 6.17 Å². The molecule has 5 rings (SSSR count). The van der Waals surface area contributed by atoms with Gasteiger partial charge >= 0.3 is 0 Å². The largest absolute Gasteiger partial charge is 0.243 e. The van der Waals surface area contributed by atoms with Crippen LogP contribution in [0, 0.1) is 56.2 Å². The van der Waals surface area contributed by atoms with E-state index in [1.165, 1.54) is 57.8 Å². The Kier molecular flexibility index (Phi) is 4.87. The maximum Gasteiger partial charge on any atom is 0.122 e. The number of halogens is 1. The van der Waals surface area contributed by atoms with Crippen molar-refractivity contribution in [2.75, 3.05) is 0 Å². The van der Waals surface area contributed by atoms with Crippen molar-refractivity contribution in [3.8, 4) is 0 Å². The fourth-order valence-corrected chi connectivity index (χ4v) is 10.7. The molecule has 182 valence electrons. The SMILES string of the molecule is CC1CC[C@]2(C)C3C(F)C=C4[C@@H]5CC(C)(C)CC[C@]5(C)CC[C@@]4(C)[C@]3(C)CC[C@H]2C1(C)C. The van der Waals surface area contributed by atoms with E-state index in [-0.39, 0.29) is 22.2 Å². The van der Waals surface area contributed by atoms with Crippen LogP contribution in [0.5, 0.6) is 0 Å². The molecule has 0 aromatic heterocycles. The molecule has 0 nitrogen and oxygen atoms in total. The minimum Gasteiger partial charge on any atom is -0.243 e. The lowest BCUT2D eigenvalue weighted by molar-refractivity contribution is -0.206. The van der Waals surface area contributed by atoms with Crippen LogP contribution in [0.4, 0.5) is 4.39 Å². The van der Waals surface area contributed by atoms with Crippen molar-refractivity contribution in [1.29, 1.82) is 0 Å². The summed E-state index contributed by atoms with van der Waals surface area (Å²) in [6.07, 6.45) is 13.0. The highest BCUT2D eigenvalue weighted by molar-refractivity contribution is 5.35. The van der Waals surface area contributed by atoms with Gasteiger partial charge in [-0.15, -0.1) is 0 Å². The van der Waals surface area contributed by atoms with Gasteiger partial charge in [-0.2, -0.15) is 0 Å². The van der Waals surface area contributed by atoms with Crippen LogP contribution in [0.1, 0.15) is 120 Å². The number of hydrogen-bond acceptors (Lipinski definition) is 0. The van der Waals surface area contributed by atoms with E-state index in [1.54, 1.807) is 5.57 Å². The molecule has 4 fully saturated rings. The maximum absolute atomic E-state index is 16.7. The summed E-state index contributed by atoms with van der Waals surface area (Å²) < 4.78 is 16.7. The highest BCUT2D eigenvalue weighted by Crippen LogP contribution is 2.76. The molecule has 0 radical (unpaired) electrons. The van der Waals surface area contributed by atoms with E-state index in [4.69, 9.17) is 0 Å². The van der Waals surface area contributed by atoms with Gasteiger partial charge in [-0.05, 0) is 108 Å². The molecule has 0 bridgehead atoms. The molecule has 0 aliphatic heterocycles. The van der Waals surface area contributed by atoms with Gasteiger partial charge in [-0.3, -0.25) is 0 Å². The average molecular weight is 443 g/mol. The van der Waals surface area contributed by atoms with E-state index in [2.05, 4.69) is 68.4 Å². The van der Waals surface area contributed by atoms with Crippen LogP contribution in [0.2, 0.25) is 0 Å². The smallest absolute Gasteiger partial charge is 0.122 e. The van der Waals surface area contributed by atoms with Crippen molar-refractivity contribution in [3.05, 3.63) is 11.6 Å². The van der Waals surface area contributed by atoms with Gasteiger partial charge in [0.05, 0.1) is 0 Å². The van der Waals surface area contributed by atoms with Gasteiger partial charge in [0.15, 0.2) is 0 Å². The zero-order valence-electron chi connectivity index (χ0n) is 22.7. The number of allylic oxidation sites excluding steroid dienone is 2. The van der Waals surface area contributed by atoms with Crippen molar-refractivity contribution in [2.24, 2.45) is 56.2 Å². The van der Waals surface area contributed by atoms with Crippen LogP contribution < -0.4 is 0 Å². The molecule has 4 saturated carbocycles. The lowest BCUT2D eigenvalue weighted by Gasteiger charge is -2.72. The van der Waals surface area contributed by atoms with E-state index in [9.17, 15) is 0 Å². The van der Waals surface area contributed by atoms with Crippen LogP contribution >= 0.6 is 0 Å². The van der Waals surface area contributed by atoms with E-state index >= 15 is 4.39 Å². The Morgan fingerprint density at radius 3 is 2.16 bits per heavy atom. The highest BCUT2D eigenvalue weighted by Gasteiger charge is 2.69. The van der Waals surface area contributed by atoms with Crippen LogP contribution in [0.25, 0.3) is 0 Å². The Balaban J connectivity index is 1.62. The minimum absolute atomic E-state index is 0.0847. The van der Waals surface area contributed by atoms with Gasteiger partial charge in [-0.1, -0.05) is 74.0 Å². The van der Waals surface area contributed by atoms with E-state index in [1.807, 2.05) is 0 Å². The van der Waals surface area contributed by atoms with E-state index < -0.39 is 6.17 Å². The van der Waals surface area contributed by atoms with Crippen molar-refractivity contribution in [3.63, 3.8) is 0 Å². The third-order valence-electron chi connectivity index (χ3n) is 13.5. The lowest BCUT2D eigenvalue weighted by Crippen LogP contribution is -2.66. The Labute approximate surface area is 198 Å². The normalized spacial score (nSPS) is 56.2. The highest BCUT2D eigenvalue weighted by atomic mass is 19.1. The summed E-state index contributed by atoms with van der Waals surface area (Å²) in [7, 11) is 0. The molecular weight excluding hydrogens is 391 g/mol. The Morgan fingerprint density at radius 1 is 0.812 bits per heavy atom. The molecule has 0 heterocycles. The molecule has 0 N–H and O–H groups in total. The Morgan fingerprint density at radius 2 is 1.47 bits per heavy atom. The molecule has 0 aromatic carbocycles. The second-order valence-corrected chi connectivity index (χ2v) is 15.7. The van der Waals surface area contributed by atoms with Gasteiger partial charge < -0.3 is 0 Å². The molecule has 5 aliphatic carbocycles. The maximum atomic E-state index is 16.7. The molecule has 0 saturated heterocycles. The number of alkyl halides is 1. The summed E-state index contributed by atoms with van der Waals surface area (Å²) >= 11 is 0. The number of rotatable bonds is 0. The average Bonchev–Trinajstić information content (AvgIpc) is 2.68. The fourth-order valence-electron chi connectivity index (χ4n) is 10.7.